The molecule has 1 aliphatic heterocycles. The van der Waals surface area contributed by atoms with Gasteiger partial charge in [-0.05, 0) is 72.9 Å². The van der Waals surface area contributed by atoms with Crippen molar-refractivity contribution in [2.75, 3.05) is 19.3 Å². The lowest BCUT2D eigenvalue weighted by atomic mass is 9.71. The van der Waals surface area contributed by atoms with Gasteiger partial charge in [0.2, 0.25) is 0 Å². The summed E-state index contributed by atoms with van der Waals surface area (Å²) in [6.07, 6.45) is 5.59. The van der Waals surface area contributed by atoms with Crippen molar-refractivity contribution >= 4 is 5.69 Å². The molecule has 2 aliphatic carbocycles. The minimum Gasteiger partial charge on any atom is -0.399 e. The summed E-state index contributed by atoms with van der Waals surface area (Å²) < 4.78 is 0. The molecule has 2 N–H and O–H groups in total. The third-order valence-corrected chi connectivity index (χ3v) is 4.96. The van der Waals surface area contributed by atoms with Crippen molar-refractivity contribution in [3.63, 3.8) is 0 Å². The van der Waals surface area contributed by atoms with E-state index in [9.17, 15) is 0 Å². The molecule has 0 saturated heterocycles. The maximum atomic E-state index is 6.06. The Kier molecular flexibility index (Phi) is 1.79. The van der Waals surface area contributed by atoms with Crippen molar-refractivity contribution in [1.29, 1.82) is 0 Å². The second-order valence-corrected chi connectivity index (χ2v) is 6.53. The predicted octanol–water partition coefficient (Wildman–Crippen LogP) is 2.52. The lowest BCUT2D eigenvalue weighted by Crippen LogP contribution is -2.35. The minimum atomic E-state index is 0.668. The number of nitrogens with two attached hydrogens (primary N) is 1. The first-order valence-corrected chi connectivity index (χ1v) is 6.75. The molecule has 17 heavy (non-hydrogen) atoms. The van der Waals surface area contributed by atoms with Crippen LogP contribution in [0.5, 0.6) is 0 Å². The maximum absolute atomic E-state index is 6.06. The number of rotatable bonds is 0. The highest BCUT2D eigenvalue weighted by molar-refractivity contribution is 5.53. The van der Waals surface area contributed by atoms with E-state index >= 15 is 0 Å². The molecule has 1 saturated carbocycles. The monoisotopic (exact) mass is 228 g/mol. The quantitative estimate of drug-likeness (QED) is 0.691. The number of benzene rings is 1. The second kappa shape index (κ2) is 3.05. The van der Waals surface area contributed by atoms with Crippen LogP contribution in [-0.4, -0.2) is 18.5 Å². The molecule has 1 aromatic carbocycles. The lowest BCUT2D eigenvalue weighted by molar-refractivity contribution is 0.240. The van der Waals surface area contributed by atoms with Crippen molar-refractivity contribution in [1.82, 2.24) is 4.90 Å². The summed E-state index contributed by atoms with van der Waals surface area (Å²) in [5, 5.41) is 0. The van der Waals surface area contributed by atoms with Crippen LogP contribution in [-0.2, 0) is 13.0 Å². The van der Waals surface area contributed by atoms with Crippen LogP contribution in [0.15, 0.2) is 12.1 Å². The van der Waals surface area contributed by atoms with Crippen LogP contribution in [0, 0.1) is 5.41 Å². The Morgan fingerprint density at radius 2 is 2.06 bits per heavy atom. The van der Waals surface area contributed by atoms with Gasteiger partial charge in [0.15, 0.2) is 0 Å². The van der Waals surface area contributed by atoms with Gasteiger partial charge >= 0.3 is 0 Å². The Morgan fingerprint density at radius 3 is 2.82 bits per heavy atom. The van der Waals surface area contributed by atoms with Gasteiger partial charge in [-0.2, -0.15) is 0 Å². The highest BCUT2D eigenvalue weighted by Gasteiger charge is 2.49. The molecule has 2 nitrogen and oxygen atoms in total. The molecule has 1 fully saturated rings. The summed E-state index contributed by atoms with van der Waals surface area (Å²) >= 11 is 0. The van der Waals surface area contributed by atoms with E-state index in [4.69, 9.17) is 5.73 Å². The van der Waals surface area contributed by atoms with Crippen molar-refractivity contribution in [3.05, 3.63) is 28.8 Å². The van der Waals surface area contributed by atoms with Gasteiger partial charge in [0.1, 0.15) is 0 Å². The van der Waals surface area contributed by atoms with E-state index in [0.29, 0.717) is 5.41 Å². The molecule has 1 unspecified atom stereocenters. The lowest BCUT2D eigenvalue weighted by Gasteiger charge is -2.40. The fourth-order valence-electron chi connectivity index (χ4n) is 4.15. The summed E-state index contributed by atoms with van der Waals surface area (Å²) in [5.74, 6) is 0.774. The Bertz CT molecular complexity index is 488. The third-order valence-electron chi connectivity index (χ3n) is 4.96. The van der Waals surface area contributed by atoms with Gasteiger partial charge in [-0.3, -0.25) is 0 Å². The molecule has 1 aromatic rings. The van der Waals surface area contributed by atoms with Crippen LogP contribution in [0.4, 0.5) is 5.69 Å². The van der Waals surface area contributed by atoms with E-state index in [2.05, 4.69) is 24.1 Å². The van der Waals surface area contributed by atoms with Crippen molar-refractivity contribution in [2.24, 2.45) is 5.41 Å². The zero-order chi connectivity index (χ0) is 11.6. The number of nitrogen functional groups attached to an aromatic ring is 1. The summed E-state index contributed by atoms with van der Waals surface area (Å²) in [4.78, 5) is 2.46. The van der Waals surface area contributed by atoms with Gasteiger partial charge in [0, 0.05) is 18.8 Å². The number of likely N-dealkylation sites (N-methyl/N-ethyl adjacent to an activating group) is 1. The molecule has 1 spiro atoms. The Balaban J connectivity index is 1.89. The second-order valence-electron chi connectivity index (χ2n) is 6.53. The van der Waals surface area contributed by atoms with Gasteiger partial charge in [0.25, 0.3) is 0 Å². The van der Waals surface area contributed by atoms with Gasteiger partial charge in [-0.15, -0.1) is 0 Å². The number of anilines is 1. The summed E-state index contributed by atoms with van der Waals surface area (Å²) in [6.45, 7) is 2.32. The molecular formula is C15H20N2. The molecule has 1 heterocycles. The molecule has 90 valence electrons. The normalized spacial score (nSPS) is 29.1. The van der Waals surface area contributed by atoms with E-state index in [0.717, 1.165) is 18.2 Å². The fraction of sp³-hybridized carbons (Fsp3) is 0.600. The average Bonchev–Trinajstić information content (AvgIpc) is 2.94. The van der Waals surface area contributed by atoms with E-state index < -0.39 is 0 Å². The van der Waals surface area contributed by atoms with E-state index in [-0.39, 0.29) is 0 Å². The summed E-state index contributed by atoms with van der Waals surface area (Å²) in [6, 6.07) is 4.45. The van der Waals surface area contributed by atoms with Crippen LogP contribution in [0.3, 0.4) is 0 Å². The van der Waals surface area contributed by atoms with Crippen LogP contribution in [0.2, 0.25) is 0 Å². The van der Waals surface area contributed by atoms with Gasteiger partial charge in [-0.25, -0.2) is 0 Å². The van der Waals surface area contributed by atoms with Gasteiger partial charge < -0.3 is 10.6 Å². The average molecular weight is 228 g/mol. The molecule has 0 aromatic heterocycles. The van der Waals surface area contributed by atoms with Crippen molar-refractivity contribution < 1.29 is 0 Å². The molecule has 2 heteroatoms. The Hall–Kier alpha value is -1.02. The first kappa shape index (κ1) is 9.95. The minimum absolute atomic E-state index is 0.668. The molecular weight excluding hydrogens is 208 g/mol. The molecule has 4 rings (SSSR count). The topological polar surface area (TPSA) is 29.3 Å². The fourth-order valence-corrected chi connectivity index (χ4v) is 4.15. The zero-order valence-corrected chi connectivity index (χ0v) is 10.5. The molecule has 1 atom stereocenters. The highest BCUT2D eigenvalue weighted by Crippen LogP contribution is 2.59. The SMILES string of the molecule is CN1Cc2cc(N)cc3c2C(C1)CC1(CC1)C3. The first-order valence-electron chi connectivity index (χ1n) is 6.75. The van der Waals surface area contributed by atoms with E-state index in [1.165, 1.54) is 37.8 Å². The zero-order valence-electron chi connectivity index (χ0n) is 10.5. The largest absolute Gasteiger partial charge is 0.399 e. The Labute approximate surface area is 103 Å². The molecule has 3 aliphatic rings. The van der Waals surface area contributed by atoms with Crippen LogP contribution < -0.4 is 5.73 Å². The molecule has 0 radical (unpaired) electrons. The number of hydrogen-bond acceptors (Lipinski definition) is 2. The van der Waals surface area contributed by atoms with Gasteiger partial charge in [-0.1, -0.05) is 0 Å². The van der Waals surface area contributed by atoms with Crippen LogP contribution in [0.25, 0.3) is 0 Å². The predicted molar refractivity (Wildman–Crippen MR) is 69.9 cm³/mol. The van der Waals surface area contributed by atoms with Crippen molar-refractivity contribution in [2.45, 2.75) is 38.1 Å². The van der Waals surface area contributed by atoms with Gasteiger partial charge in [0.05, 0.1) is 0 Å². The molecule has 0 bridgehead atoms. The smallest absolute Gasteiger partial charge is 0.0320 e. The third kappa shape index (κ3) is 1.43. The number of nitrogens with zero attached hydrogens (tertiary/aromatic N) is 1. The standard InChI is InChI=1S/C15H20N2/c1-17-8-11-5-13(16)4-10-6-15(2-3-15)7-12(9-17)14(10)11/h4-5,12H,2-3,6-9,16H2,1H3. The van der Waals surface area contributed by atoms with Crippen molar-refractivity contribution in [3.8, 4) is 0 Å². The summed E-state index contributed by atoms with van der Waals surface area (Å²) in [7, 11) is 2.24. The maximum Gasteiger partial charge on any atom is 0.0320 e. The van der Waals surface area contributed by atoms with Crippen LogP contribution >= 0.6 is 0 Å². The highest BCUT2D eigenvalue weighted by atomic mass is 15.1. The number of hydrogen-bond donors (Lipinski definition) is 1. The van der Waals surface area contributed by atoms with Crippen LogP contribution in [0.1, 0.15) is 41.9 Å². The van der Waals surface area contributed by atoms with E-state index in [1.54, 1.807) is 11.1 Å². The Morgan fingerprint density at radius 1 is 1.29 bits per heavy atom. The summed E-state index contributed by atoms with van der Waals surface area (Å²) in [5.41, 5.74) is 12.4. The van der Waals surface area contributed by atoms with E-state index in [1.807, 2.05) is 0 Å². The molecule has 0 amide bonds. The first-order chi connectivity index (χ1) is 8.15.